The van der Waals surface area contributed by atoms with Crippen LogP contribution in [0.2, 0.25) is 0 Å². The summed E-state index contributed by atoms with van der Waals surface area (Å²) in [4.78, 5) is 39.0. The van der Waals surface area contributed by atoms with Crippen LogP contribution in [0.5, 0.6) is 0 Å². The van der Waals surface area contributed by atoms with Gasteiger partial charge in [-0.3, -0.25) is 20.1 Å². The molecule has 4 atom stereocenters. The number of nitrogens with one attached hydrogen (secondary N) is 2. The van der Waals surface area contributed by atoms with Crippen LogP contribution in [0, 0.1) is 11.8 Å². The monoisotopic (exact) mass is 423 g/mol. The molecule has 9 nitrogen and oxygen atoms in total. The SMILES string of the molecule is CCc1ccc2c(c1)C(=O)N(CC(C1=CC3C=[N+](O)C=CC3O1)C1NC(=O)NC1=O)C2. The number of hydrogen-bond donors (Lipinski definition) is 3. The van der Waals surface area contributed by atoms with Crippen molar-refractivity contribution < 1.29 is 29.1 Å². The predicted octanol–water partition coefficient (Wildman–Crippen LogP) is 0.928. The summed E-state index contributed by atoms with van der Waals surface area (Å²) < 4.78 is 7.03. The summed E-state index contributed by atoms with van der Waals surface area (Å²) in [6.07, 6.45) is 7.19. The van der Waals surface area contributed by atoms with Crippen molar-refractivity contribution >= 4 is 24.1 Å². The van der Waals surface area contributed by atoms with E-state index in [0.717, 1.165) is 22.3 Å². The van der Waals surface area contributed by atoms with Gasteiger partial charge in [-0.25, -0.2) is 4.79 Å². The lowest BCUT2D eigenvalue weighted by atomic mass is 9.94. The second-order valence-corrected chi connectivity index (χ2v) is 8.18. The van der Waals surface area contributed by atoms with E-state index in [-0.39, 0.29) is 24.5 Å². The summed E-state index contributed by atoms with van der Waals surface area (Å²) in [6, 6.07) is 4.50. The lowest BCUT2D eigenvalue weighted by Gasteiger charge is -2.28. The fourth-order valence-corrected chi connectivity index (χ4v) is 4.55. The van der Waals surface area contributed by atoms with Gasteiger partial charge in [-0.2, -0.15) is 0 Å². The third-order valence-electron chi connectivity index (χ3n) is 6.21. The molecule has 5 rings (SSSR count). The summed E-state index contributed by atoms with van der Waals surface area (Å²) in [5.74, 6) is -0.785. The number of amides is 4. The molecule has 4 amide bonds. The van der Waals surface area contributed by atoms with Crippen LogP contribution in [0.3, 0.4) is 0 Å². The van der Waals surface area contributed by atoms with Crippen LogP contribution < -0.4 is 10.6 Å². The van der Waals surface area contributed by atoms with Gasteiger partial charge in [0.15, 0.2) is 0 Å². The highest BCUT2D eigenvalue weighted by molar-refractivity contribution is 6.04. The molecule has 1 aromatic carbocycles. The number of nitrogens with zero attached hydrogens (tertiary/aromatic N) is 2. The molecule has 0 aliphatic carbocycles. The molecule has 1 aromatic rings. The van der Waals surface area contributed by atoms with Crippen LogP contribution in [-0.2, 0) is 22.5 Å². The van der Waals surface area contributed by atoms with Crippen molar-refractivity contribution in [2.45, 2.75) is 32.0 Å². The molecule has 4 aliphatic heterocycles. The second-order valence-electron chi connectivity index (χ2n) is 8.18. The molecule has 31 heavy (non-hydrogen) atoms. The molecule has 0 radical (unpaired) electrons. The van der Waals surface area contributed by atoms with E-state index >= 15 is 0 Å². The number of benzene rings is 1. The largest absolute Gasteiger partial charge is 0.489 e. The minimum Gasteiger partial charge on any atom is -0.489 e. The maximum Gasteiger partial charge on any atom is 0.322 e. The Balaban J connectivity index is 1.43. The molecule has 160 valence electrons. The topological polar surface area (TPSA) is 111 Å². The molecule has 3 N–H and O–H groups in total. The van der Waals surface area contributed by atoms with Gasteiger partial charge >= 0.3 is 6.03 Å². The highest BCUT2D eigenvalue weighted by Crippen LogP contribution is 2.34. The van der Waals surface area contributed by atoms with Crippen LogP contribution in [0.15, 0.2) is 42.3 Å². The normalized spacial score (nSPS) is 27.2. The van der Waals surface area contributed by atoms with Crippen LogP contribution in [0.1, 0.15) is 28.4 Å². The summed E-state index contributed by atoms with van der Waals surface area (Å²) >= 11 is 0. The van der Waals surface area contributed by atoms with Gasteiger partial charge in [-0.1, -0.05) is 19.1 Å². The van der Waals surface area contributed by atoms with E-state index in [1.807, 2.05) is 31.2 Å². The molecule has 0 saturated carbocycles. The number of fused-ring (bicyclic) bond motifs is 2. The number of urea groups is 1. The highest BCUT2D eigenvalue weighted by Gasteiger charge is 2.45. The van der Waals surface area contributed by atoms with Crippen molar-refractivity contribution in [1.82, 2.24) is 15.5 Å². The van der Waals surface area contributed by atoms with Crippen LogP contribution in [-0.4, -0.2) is 57.6 Å². The minimum absolute atomic E-state index is 0.0935. The van der Waals surface area contributed by atoms with Crippen molar-refractivity contribution in [3.8, 4) is 0 Å². The summed E-state index contributed by atoms with van der Waals surface area (Å²) in [5, 5.41) is 14.6. The van der Waals surface area contributed by atoms with E-state index in [1.54, 1.807) is 17.2 Å². The number of hydroxylamine groups is 1. The fourth-order valence-electron chi connectivity index (χ4n) is 4.55. The van der Waals surface area contributed by atoms with Crippen molar-refractivity contribution in [3.05, 3.63) is 59.0 Å². The van der Waals surface area contributed by atoms with Gasteiger partial charge in [0.2, 0.25) is 12.4 Å². The van der Waals surface area contributed by atoms with Gasteiger partial charge in [0, 0.05) is 24.7 Å². The number of aryl methyl sites for hydroxylation is 1. The quantitative estimate of drug-likeness (QED) is 0.371. The van der Waals surface area contributed by atoms with E-state index in [2.05, 4.69) is 10.6 Å². The van der Waals surface area contributed by atoms with Gasteiger partial charge in [-0.05, 0) is 34.4 Å². The molecule has 4 aliphatic rings. The van der Waals surface area contributed by atoms with E-state index < -0.39 is 23.9 Å². The second kappa shape index (κ2) is 7.26. The van der Waals surface area contributed by atoms with Gasteiger partial charge in [0.25, 0.3) is 11.8 Å². The zero-order valence-corrected chi connectivity index (χ0v) is 16.9. The smallest absolute Gasteiger partial charge is 0.322 e. The van der Waals surface area contributed by atoms with Gasteiger partial charge in [-0.15, -0.1) is 0 Å². The number of carbonyl (C=O) groups excluding carboxylic acids is 3. The Hall–Kier alpha value is -3.62. The molecule has 1 saturated heterocycles. The first-order valence-electron chi connectivity index (χ1n) is 10.3. The summed E-state index contributed by atoms with van der Waals surface area (Å²) in [5.41, 5.74) is 2.72. The Morgan fingerprint density at radius 3 is 2.90 bits per heavy atom. The first kappa shape index (κ1) is 19.3. The molecule has 0 aromatic heterocycles. The van der Waals surface area contributed by atoms with Crippen LogP contribution in [0.25, 0.3) is 0 Å². The van der Waals surface area contributed by atoms with Gasteiger partial charge in [0.05, 0.1) is 5.92 Å². The van der Waals surface area contributed by atoms with Crippen molar-refractivity contribution in [2.24, 2.45) is 11.8 Å². The van der Waals surface area contributed by atoms with Crippen molar-refractivity contribution in [3.63, 3.8) is 0 Å². The number of rotatable bonds is 5. The maximum absolute atomic E-state index is 13.1. The molecule has 1 fully saturated rings. The van der Waals surface area contributed by atoms with Gasteiger partial charge < -0.3 is 15.0 Å². The van der Waals surface area contributed by atoms with Gasteiger partial charge in [0.1, 0.15) is 23.8 Å². The third kappa shape index (κ3) is 3.35. The molecule has 4 heterocycles. The maximum atomic E-state index is 13.1. The molecule has 4 unspecified atom stereocenters. The van der Waals surface area contributed by atoms with Crippen molar-refractivity contribution in [1.29, 1.82) is 0 Å². The van der Waals surface area contributed by atoms with Crippen LogP contribution >= 0.6 is 0 Å². The van der Waals surface area contributed by atoms with E-state index in [1.165, 1.54) is 6.20 Å². The third-order valence-corrected chi connectivity index (χ3v) is 6.21. The Labute approximate surface area is 178 Å². The average molecular weight is 423 g/mol. The Kier molecular flexibility index (Phi) is 4.53. The number of imide groups is 1. The Morgan fingerprint density at radius 2 is 2.16 bits per heavy atom. The van der Waals surface area contributed by atoms with E-state index in [4.69, 9.17) is 4.74 Å². The Morgan fingerprint density at radius 1 is 1.32 bits per heavy atom. The number of hydrogen-bond acceptors (Lipinski definition) is 5. The molecule has 0 bridgehead atoms. The predicted molar refractivity (Wildman–Crippen MR) is 108 cm³/mol. The lowest BCUT2D eigenvalue weighted by molar-refractivity contribution is -0.724. The lowest BCUT2D eigenvalue weighted by Crippen LogP contribution is -2.44. The zero-order chi connectivity index (χ0) is 21.7. The van der Waals surface area contributed by atoms with E-state index in [0.29, 0.717) is 17.9 Å². The fraction of sp³-hybridized carbons (Fsp3) is 0.364. The molecule has 9 heteroatoms. The first-order valence-corrected chi connectivity index (χ1v) is 10.3. The number of carbonyl (C=O) groups is 3. The summed E-state index contributed by atoms with van der Waals surface area (Å²) in [6.45, 7) is 2.69. The minimum atomic E-state index is -0.851. The molecule has 0 spiro atoms. The zero-order valence-electron chi connectivity index (χ0n) is 16.9. The summed E-state index contributed by atoms with van der Waals surface area (Å²) in [7, 11) is 0. The first-order chi connectivity index (χ1) is 14.9. The Bertz CT molecular complexity index is 1080. The number of ether oxygens (including phenoxy) is 1. The molecular weight excluding hydrogens is 400 g/mol. The van der Waals surface area contributed by atoms with Crippen molar-refractivity contribution in [2.75, 3.05) is 6.54 Å². The van der Waals surface area contributed by atoms with E-state index in [9.17, 15) is 19.6 Å². The standard InChI is InChI=1S/C22H22N4O5/c1-2-12-3-4-13-9-25(21(28)15(13)7-12)11-16(19-20(27)24-22(29)23-19)18-8-14-10-26(30)6-5-17(14)31-18/h3-8,10,14,16-17,19H,2,9,11H2,1H3,(H2-,23,24,27,29,30)/p+1. The highest BCUT2D eigenvalue weighted by atomic mass is 16.5. The van der Waals surface area contributed by atoms with Crippen LogP contribution in [0.4, 0.5) is 4.79 Å². The average Bonchev–Trinajstić information content (AvgIpc) is 3.40. The molecular formula is C22H23N4O5+.